The largest absolute Gasteiger partial charge is 0.345 e. The minimum atomic E-state index is -0.812. The molecule has 14 atom stereocenters. The Bertz CT molecular complexity index is 3440. The molecular weight excluding hydrogens is 1250 g/mol. The average molecular weight is 1360 g/mol. The third-order valence-corrected chi connectivity index (χ3v) is 22.1. The molecule has 10 N–H and O–H groups in total. The van der Waals surface area contributed by atoms with E-state index in [1.807, 2.05) is 108 Å². The van der Waals surface area contributed by atoms with Crippen LogP contribution in [0, 0.1) is 35.0 Å². The molecule has 0 saturated carbocycles. The molecule has 4 aromatic carbocycles. The second-order valence-electron chi connectivity index (χ2n) is 28.8. The van der Waals surface area contributed by atoms with E-state index < -0.39 is 36.3 Å². The third-order valence-electron chi connectivity index (χ3n) is 22.1. The lowest BCUT2D eigenvalue weighted by Crippen LogP contribution is -2.59. The first-order chi connectivity index (χ1) is 48.6. The van der Waals surface area contributed by atoms with Crippen LogP contribution in [-0.4, -0.2) is 163 Å². The highest BCUT2D eigenvalue weighted by atomic mass is 16.2. The molecule has 0 aromatic heterocycles. The van der Waals surface area contributed by atoms with Crippen molar-refractivity contribution in [3.8, 4) is 0 Å². The fraction of sp³-hybridized carbons (Fsp3) is 0.525. The van der Waals surface area contributed by atoms with Crippen LogP contribution >= 0.6 is 0 Å². The molecule has 0 spiro atoms. The number of fused-ring (bicyclic) bond motifs is 2. The molecule has 5 heterocycles. The van der Waals surface area contributed by atoms with Crippen molar-refractivity contribution < 1.29 is 24.0 Å². The zero-order chi connectivity index (χ0) is 70.5. The second kappa shape index (κ2) is 37.1. The number of amides is 5. The Morgan fingerprint density at radius 1 is 0.630 bits per heavy atom. The Hall–Kier alpha value is -7.98. The van der Waals surface area contributed by atoms with Gasteiger partial charge in [0.15, 0.2) is 0 Å². The van der Waals surface area contributed by atoms with Gasteiger partial charge < -0.3 is 52.4 Å². The lowest BCUT2D eigenvalue weighted by Gasteiger charge is -2.37. The highest BCUT2D eigenvalue weighted by Gasteiger charge is 2.51. The molecule has 4 saturated heterocycles. The molecule has 536 valence electrons. The molecule has 4 fully saturated rings. The minimum Gasteiger partial charge on any atom is -0.345 e. The van der Waals surface area contributed by atoms with E-state index in [0.717, 1.165) is 87.6 Å². The van der Waals surface area contributed by atoms with Crippen LogP contribution in [0.5, 0.6) is 0 Å². The van der Waals surface area contributed by atoms with Gasteiger partial charge in [-0.2, -0.15) is 5.11 Å². The van der Waals surface area contributed by atoms with Crippen LogP contribution in [0.3, 0.4) is 0 Å². The van der Waals surface area contributed by atoms with Crippen LogP contribution in [0.2, 0.25) is 0 Å². The van der Waals surface area contributed by atoms with Gasteiger partial charge in [-0.25, -0.2) is 5.01 Å². The first-order valence-electron chi connectivity index (χ1n) is 37.0. The molecule has 0 bridgehead atoms. The number of likely N-dealkylation sites (N-methyl/N-ethyl adjacent to an activating group) is 2. The van der Waals surface area contributed by atoms with Crippen molar-refractivity contribution in [2.45, 2.75) is 178 Å². The molecule has 10 rings (SSSR count). The topological polar surface area (TPSA) is 257 Å². The number of allylic oxidation sites excluding steroid dienone is 4. The molecule has 5 amide bonds. The van der Waals surface area contributed by atoms with Gasteiger partial charge in [-0.15, -0.1) is 0 Å². The van der Waals surface area contributed by atoms with Gasteiger partial charge in [-0.1, -0.05) is 176 Å². The maximum Gasteiger partial charge on any atom is 0.246 e. The van der Waals surface area contributed by atoms with E-state index in [1.54, 1.807) is 23.9 Å². The monoisotopic (exact) mass is 1360 g/mol. The van der Waals surface area contributed by atoms with Crippen LogP contribution in [0.15, 0.2) is 174 Å². The summed E-state index contributed by atoms with van der Waals surface area (Å²) in [5.41, 5.74) is 6.71. The number of nitrogens with one attached hydrogen (secondary N) is 8. The van der Waals surface area contributed by atoms with Crippen molar-refractivity contribution in [1.29, 1.82) is 5.41 Å². The predicted octanol–water partition coefficient (Wildman–Crippen LogP) is 9.02. The fourth-order valence-electron chi connectivity index (χ4n) is 15.9. The van der Waals surface area contributed by atoms with E-state index in [0.29, 0.717) is 64.8 Å². The number of hydrogen-bond donors (Lipinski definition) is 9. The Balaban J connectivity index is 0.666. The summed E-state index contributed by atoms with van der Waals surface area (Å²) in [5.74, 6) is 5.44. The molecule has 100 heavy (non-hydrogen) atoms. The van der Waals surface area contributed by atoms with E-state index in [1.165, 1.54) is 16.7 Å². The highest BCUT2D eigenvalue weighted by Crippen LogP contribution is 2.42. The van der Waals surface area contributed by atoms with Gasteiger partial charge in [0.25, 0.3) is 0 Å². The number of benzene rings is 4. The molecule has 20 nitrogen and oxygen atoms in total. The summed E-state index contributed by atoms with van der Waals surface area (Å²) < 4.78 is 0. The van der Waals surface area contributed by atoms with E-state index in [4.69, 9.17) is 11.0 Å². The van der Waals surface area contributed by atoms with Crippen molar-refractivity contribution in [3.05, 3.63) is 192 Å². The van der Waals surface area contributed by atoms with E-state index >= 15 is 4.79 Å². The zero-order valence-electron chi connectivity index (χ0n) is 59.7. The van der Waals surface area contributed by atoms with Gasteiger partial charge in [0.05, 0.1) is 36.9 Å². The van der Waals surface area contributed by atoms with E-state index in [-0.39, 0.29) is 95.5 Å². The smallest absolute Gasteiger partial charge is 0.246 e. The van der Waals surface area contributed by atoms with Gasteiger partial charge in [0.1, 0.15) is 24.2 Å². The first kappa shape index (κ1) is 74.7. The highest BCUT2D eigenvalue weighted by molar-refractivity contribution is 5.97. The molecule has 1 aliphatic carbocycles. The van der Waals surface area contributed by atoms with Gasteiger partial charge in [0.2, 0.25) is 29.5 Å². The predicted molar refractivity (Wildman–Crippen MR) is 396 cm³/mol. The summed E-state index contributed by atoms with van der Waals surface area (Å²) in [7, 11) is 3.65. The number of unbranched alkanes of at least 4 members (excludes halogenated alkanes) is 2. The number of hydrazine groups is 1. The molecule has 4 aromatic rings. The lowest BCUT2D eigenvalue weighted by molar-refractivity contribution is -0.145. The number of hydrogen-bond acceptors (Lipinski definition) is 15. The Labute approximate surface area is 593 Å². The molecule has 0 radical (unpaired) electrons. The molecule has 20 heteroatoms. The number of carbonyl (C=O) groups is 5. The van der Waals surface area contributed by atoms with Gasteiger partial charge >= 0.3 is 0 Å². The summed E-state index contributed by atoms with van der Waals surface area (Å²) in [6.45, 7) is 15.2. The Kier molecular flexibility index (Phi) is 27.7. The third kappa shape index (κ3) is 19.8. The number of nitrogens with zero attached hydrogens (tertiary/aromatic N) is 6. The summed E-state index contributed by atoms with van der Waals surface area (Å²) in [6.07, 6.45) is 23.6. The summed E-state index contributed by atoms with van der Waals surface area (Å²) in [5, 5.41) is 45.8. The lowest BCUT2D eigenvalue weighted by atomic mass is 9.75. The van der Waals surface area contributed by atoms with Crippen LogP contribution in [0.4, 0.5) is 0 Å². The Morgan fingerprint density at radius 2 is 1.19 bits per heavy atom. The van der Waals surface area contributed by atoms with E-state index in [2.05, 4.69) is 124 Å². The van der Waals surface area contributed by atoms with Crippen molar-refractivity contribution >= 4 is 35.2 Å². The molecule has 14 unspecified atom stereocenters. The summed E-state index contributed by atoms with van der Waals surface area (Å²) in [6, 6.07) is 34.6. The van der Waals surface area contributed by atoms with Crippen LogP contribution in [0.25, 0.3) is 0 Å². The normalized spacial score (nSPS) is 24.4. The first-order valence-corrected chi connectivity index (χ1v) is 37.0. The van der Waals surface area contributed by atoms with Crippen molar-refractivity contribution in [3.63, 3.8) is 0 Å². The SMILES string of the molecule is C=C(C(C)NC)C(C)C1C(=O)N2C(CCC1CNCc1ccccc1)CCC2C(=O)NC(c1ccccc1)C1CN(CCCCc2ccc(CCCCN(N)CC(=N)C(NC(=O)C3CCC4CCC(CNCC5C=CC=CC=C5)C(NC(=O)C(C)NC)C(=O)N43)c3ccccc3)cc2)N=N1. The van der Waals surface area contributed by atoms with Gasteiger partial charge in [-0.05, 0) is 164 Å². The van der Waals surface area contributed by atoms with Crippen molar-refractivity contribution in [2.75, 3.05) is 59.9 Å². The van der Waals surface area contributed by atoms with Crippen molar-refractivity contribution in [2.24, 2.45) is 45.8 Å². The average Bonchev–Trinajstić information content (AvgIpc) is 1.62. The molecule has 5 aliphatic heterocycles. The number of carbonyl (C=O) groups excluding carboxylic acids is 5. The standard InChI is InChI=1S/C80H111N15O5/c1-54(56(3)83-5)55(2)72-64(50-85-48-61-28-14-9-15-29-61)38-40-66-42-44-70(94(66)79(72)99)78(98)88-74(63-32-18-11-19-33-63)69-53-93(91-90-69)47-23-21-25-59-36-34-58(35-37-59)24-20-22-46-92(82)52-68(81)73(62-30-16-10-17-31-62)87-77(97)71-45-43-67-41-39-65(51-86-49-60-26-12-7-8-13-27-60)75(80(100)95(67)71)89-76(96)57(4)84-6/h7-19,26-37,55-57,60,64-67,69-75,81,83-86H,1,20-25,38-53,82H2,2-6H3,(H,87,97)(H,88,98)(H,89,96). The quantitative estimate of drug-likeness (QED) is 0.00688. The fourth-order valence-corrected chi connectivity index (χ4v) is 15.9. The van der Waals surface area contributed by atoms with Crippen molar-refractivity contribution in [1.82, 2.24) is 57.0 Å². The minimum absolute atomic E-state index is 0.00249. The van der Waals surface area contributed by atoms with Crippen LogP contribution in [-0.2, 0) is 43.4 Å². The van der Waals surface area contributed by atoms with E-state index in [9.17, 15) is 24.6 Å². The Morgan fingerprint density at radius 3 is 1.82 bits per heavy atom. The number of nitrogens with two attached hydrogens (primary N) is 1. The number of aryl methyl sites for hydroxylation is 2. The maximum absolute atomic E-state index is 15.2. The summed E-state index contributed by atoms with van der Waals surface area (Å²) >= 11 is 0. The second-order valence-corrected chi connectivity index (χ2v) is 28.8. The molecule has 6 aliphatic rings. The summed E-state index contributed by atoms with van der Waals surface area (Å²) in [4.78, 5) is 76.6. The van der Waals surface area contributed by atoms with Crippen LogP contribution in [0.1, 0.15) is 138 Å². The zero-order valence-corrected chi connectivity index (χ0v) is 59.7. The van der Waals surface area contributed by atoms with Gasteiger partial charge in [-0.3, -0.25) is 34.8 Å². The number of rotatable bonds is 35. The molecular formula is C80H111N15O5. The van der Waals surface area contributed by atoms with Crippen LogP contribution < -0.4 is 43.1 Å². The van der Waals surface area contributed by atoms with Gasteiger partial charge in [0, 0.05) is 68.6 Å². The maximum atomic E-state index is 15.2.